The van der Waals surface area contributed by atoms with Crippen molar-refractivity contribution in [3.05, 3.63) is 41.5 Å². The second-order valence-electron chi connectivity index (χ2n) is 6.47. The molecule has 3 aromatic heterocycles. The summed E-state index contributed by atoms with van der Waals surface area (Å²) < 4.78 is 1.93. The Kier molecular flexibility index (Phi) is 5.13. The van der Waals surface area contributed by atoms with Crippen molar-refractivity contribution in [2.24, 2.45) is 0 Å². The molecule has 5 nitrogen and oxygen atoms in total. The molecule has 1 N–H and O–H groups in total. The van der Waals surface area contributed by atoms with Crippen LogP contribution in [0.1, 0.15) is 56.4 Å². The molecule has 0 saturated heterocycles. The summed E-state index contributed by atoms with van der Waals surface area (Å²) in [6, 6.07) is 2.11. The highest BCUT2D eigenvalue weighted by atomic mass is 16.3. The molecular weight excluding hydrogens is 312 g/mol. The largest absolute Gasteiger partial charge is 0.392 e. The summed E-state index contributed by atoms with van der Waals surface area (Å²) in [4.78, 5) is 9.30. The second kappa shape index (κ2) is 7.31. The molecule has 0 unspecified atom stereocenters. The lowest BCUT2D eigenvalue weighted by atomic mass is 9.89. The van der Waals surface area contributed by atoms with Gasteiger partial charge >= 0.3 is 0 Å². The van der Waals surface area contributed by atoms with Gasteiger partial charge in [0.2, 0.25) is 0 Å². The molecule has 0 aliphatic heterocycles. The van der Waals surface area contributed by atoms with E-state index >= 15 is 0 Å². The molecule has 0 bridgehead atoms. The first-order chi connectivity index (χ1) is 12.1. The second-order valence-corrected chi connectivity index (χ2v) is 6.47. The minimum Gasteiger partial charge on any atom is -0.392 e. The van der Waals surface area contributed by atoms with E-state index in [4.69, 9.17) is 4.98 Å². The predicted octanol–water partition coefficient (Wildman–Crippen LogP) is 4.22. The maximum Gasteiger partial charge on any atom is 0.158 e. The molecule has 0 amide bonds. The van der Waals surface area contributed by atoms with Crippen LogP contribution in [0.5, 0.6) is 0 Å². The number of aliphatic hydroxyl groups excluding tert-OH is 1. The molecule has 0 fully saturated rings. The molecule has 0 atom stereocenters. The van der Waals surface area contributed by atoms with Gasteiger partial charge in [-0.05, 0) is 38.3 Å². The van der Waals surface area contributed by atoms with E-state index in [1.54, 1.807) is 0 Å². The number of aryl methyl sites for hydroxylation is 2. The van der Waals surface area contributed by atoms with Gasteiger partial charge in [0, 0.05) is 46.9 Å². The Morgan fingerprint density at radius 1 is 1.12 bits per heavy atom. The third-order valence-electron chi connectivity index (χ3n) is 4.91. The highest BCUT2D eigenvalue weighted by Crippen LogP contribution is 2.37. The van der Waals surface area contributed by atoms with Crippen LogP contribution in [0.3, 0.4) is 0 Å². The summed E-state index contributed by atoms with van der Waals surface area (Å²) in [5, 5.41) is 15.7. The number of pyridine rings is 2. The number of nitrogens with zero attached hydrogens (tertiary/aromatic N) is 4. The molecule has 3 heterocycles. The molecule has 0 saturated carbocycles. The number of rotatable bonds is 6. The molecule has 0 radical (unpaired) electrons. The number of aromatic nitrogens is 4. The lowest BCUT2D eigenvalue weighted by Gasteiger charge is -2.20. The van der Waals surface area contributed by atoms with Gasteiger partial charge in [-0.25, -0.2) is 9.67 Å². The Morgan fingerprint density at radius 2 is 1.88 bits per heavy atom. The number of aliphatic hydroxyl groups is 1. The first-order valence-electron chi connectivity index (χ1n) is 9.05. The van der Waals surface area contributed by atoms with E-state index < -0.39 is 0 Å². The molecule has 0 spiro atoms. The fourth-order valence-corrected chi connectivity index (χ4v) is 3.57. The van der Waals surface area contributed by atoms with Crippen molar-refractivity contribution in [3.8, 4) is 11.1 Å². The standard InChI is InChI=1S/C20H26N4O/c1-5-14(6-2)19-17(12-25)18(15-8-13(4)9-21-10-15)16-11-22-24(7-3)20(16)23-19/h8-11,14,25H,5-7,12H2,1-4H3. The van der Waals surface area contributed by atoms with Crippen molar-refractivity contribution in [3.63, 3.8) is 0 Å². The zero-order chi connectivity index (χ0) is 18.0. The predicted molar refractivity (Wildman–Crippen MR) is 100 cm³/mol. The van der Waals surface area contributed by atoms with Gasteiger partial charge in [0.1, 0.15) is 0 Å². The van der Waals surface area contributed by atoms with Crippen LogP contribution in [-0.2, 0) is 13.2 Å². The topological polar surface area (TPSA) is 63.8 Å². The van der Waals surface area contributed by atoms with Crippen LogP contribution in [0.2, 0.25) is 0 Å². The normalized spacial score (nSPS) is 11.6. The Labute approximate surface area is 148 Å². The van der Waals surface area contributed by atoms with Gasteiger partial charge in [-0.3, -0.25) is 4.98 Å². The molecule has 3 aromatic rings. The van der Waals surface area contributed by atoms with E-state index in [0.717, 1.165) is 58.4 Å². The first kappa shape index (κ1) is 17.5. The summed E-state index contributed by atoms with van der Waals surface area (Å²) in [6.45, 7) is 9.18. The first-order valence-corrected chi connectivity index (χ1v) is 9.05. The maximum absolute atomic E-state index is 10.2. The van der Waals surface area contributed by atoms with Crippen LogP contribution < -0.4 is 0 Å². The van der Waals surface area contributed by atoms with Gasteiger partial charge in [-0.2, -0.15) is 5.10 Å². The van der Waals surface area contributed by atoms with E-state index in [1.807, 2.05) is 30.2 Å². The van der Waals surface area contributed by atoms with E-state index in [-0.39, 0.29) is 6.61 Å². The van der Waals surface area contributed by atoms with Gasteiger partial charge in [-0.1, -0.05) is 13.8 Å². The van der Waals surface area contributed by atoms with Crippen LogP contribution in [0.25, 0.3) is 22.2 Å². The third kappa shape index (κ3) is 3.04. The number of hydrogen-bond donors (Lipinski definition) is 1. The average molecular weight is 338 g/mol. The van der Waals surface area contributed by atoms with Crippen molar-refractivity contribution < 1.29 is 5.11 Å². The van der Waals surface area contributed by atoms with Gasteiger partial charge in [0.05, 0.1) is 18.5 Å². The quantitative estimate of drug-likeness (QED) is 0.731. The summed E-state index contributed by atoms with van der Waals surface area (Å²) in [5.74, 6) is 0.322. The third-order valence-corrected chi connectivity index (χ3v) is 4.91. The van der Waals surface area contributed by atoms with Gasteiger partial charge in [0.15, 0.2) is 5.65 Å². The lowest BCUT2D eigenvalue weighted by molar-refractivity contribution is 0.279. The molecular formula is C20H26N4O. The highest BCUT2D eigenvalue weighted by Gasteiger charge is 2.22. The van der Waals surface area contributed by atoms with Crippen LogP contribution in [0.4, 0.5) is 0 Å². The van der Waals surface area contributed by atoms with Crippen molar-refractivity contribution >= 4 is 11.0 Å². The lowest BCUT2D eigenvalue weighted by Crippen LogP contribution is -2.09. The Hall–Kier alpha value is -2.27. The average Bonchev–Trinajstić information content (AvgIpc) is 3.04. The molecule has 5 heteroatoms. The molecule has 25 heavy (non-hydrogen) atoms. The molecule has 3 rings (SSSR count). The van der Waals surface area contributed by atoms with Crippen molar-refractivity contribution in [2.75, 3.05) is 0 Å². The zero-order valence-corrected chi connectivity index (χ0v) is 15.5. The van der Waals surface area contributed by atoms with Gasteiger partial charge in [-0.15, -0.1) is 0 Å². The summed E-state index contributed by atoms with van der Waals surface area (Å²) in [6.07, 6.45) is 7.56. The molecule has 0 aliphatic carbocycles. The SMILES string of the molecule is CCC(CC)c1nc2c(cnn2CC)c(-c2cncc(C)c2)c1CO. The Bertz CT molecular complexity index is 881. The number of hydrogen-bond acceptors (Lipinski definition) is 4. The summed E-state index contributed by atoms with van der Waals surface area (Å²) >= 11 is 0. The Balaban J connectivity index is 2.41. The fourth-order valence-electron chi connectivity index (χ4n) is 3.57. The minimum atomic E-state index is -0.0324. The summed E-state index contributed by atoms with van der Waals surface area (Å²) in [5.41, 5.74) is 5.91. The molecule has 0 aromatic carbocycles. The van der Waals surface area contributed by atoms with Crippen LogP contribution >= 0.6 is 0 Å². The zero-order valence-electron chi connectivity index (χ0n) is 15.5. The monoisotopic (exact) mass is 338 g/mol. The van der Waals surface area contributed by atoms with Crippen molar-refractivity contribution in [1.29, 1.82) is 0 Å². The van der Waals surface area contributed by atoms with E-state index in [2.05, 4.69) is 36.9 Å². The van der Waals surface area contributed by atoms with Crippen LogP contribution in [-0.4, -0.2) is 24.9 Å². The Morgan fingerprint density at radius 3 is 2.48 bits per heavy atom. The summed E-state index contributed by atoms with van der Waals surface area (Å²) in [7, 11) is 0. The van der Waals surface area contributed by atoms with E-state index in [0.29, 0.717) is 5.92 Å². The molecule has 0 aliphatic rings. The number of fused-ring (bicyclic) bond motifs is 1. The van der Waals surface area contributed by atoms with Crippen molar-refractivity contribution in [2.45, 2.75) is 59.6 Å². The molecule has 132 valence electrons. The smallest absolute Gasteiger partial charge is 0.158 e. The van der Waals surface area contributed by atoms with Gasteiger partial charge < -0.3 is 5.11 Å². The van der Waals surface area contributed by atoms with Gasteiger partial charge in [0.25, 0.3) is 0 Å². The highest BCUT2D eigenvalue weighted by molar-refractivity contribution is 5.95. The van der Waals surface area contributed by atoms with Crippen LogP contribution in [0, 0.1) is 6.92 Å². The van der Waals surface area contributed by atoms with Crippen LogP contribution in [0.15, 0.2) is 24.7 Å². The van der Waals surface area contributed by atoms with E-state index in [9.17, 15) is 5.11 Å². The van der Waals surface area contributed by atoms with Crippen molar-refractivity contribution in [1.82, 2.24) is 19.7 Å². The van der Waals surface area contributed by atoms with E-state index in [1.165, 1.54) is 0 Å². The maximum atomic E-state index is 10.2. The fraction of sp³-hybridized carbons (Fsp3) is 0.450. The minimum absolute atomic E-state index is 0.0324.